The minimum Gasteiger partial charge on any atom is -0.488 e. The molecule has 0 bridgehead atoms. The number of nitrogens with zero attached hydrogens (tertiary/aromatic N) is 2. The highest BCUT2D eigenvalue weighted by Gasteiger charge is 2.31. The molecule has 0 saturated carbocycles. The highest BCUT2D eigenvalue weighted by Crippen LogP contribution is 2.39. The van der Waals surface area contributed by atoms with E-state index in [4.69, 9.17) is 4.74 Å². The second kappa shape index (κ2) is 8.09. The van der Waals surface area contributed by atoms with Gasteiger partial charge in [-0.15, -0.1) is 5.10 Å². The number of benzene rings is 1. The van der Waals surface area contributed by atoms with Gasteiger partial charge in [-0.3, -0.25) is 10.1 Å². The number of anilines is 1. The Morgan fingerprint density at radius 2 is 1.97 bits per heavy atom. The van der Waals surface area contributed by atoms with Gasteiger partial charge in [0.05, 0.1) is 34.5 Å². The molecule has 6 nitrogen and oxygen atoms in total. The van der Waals surface area contributed by atoms with Crippen LogP contribution in [-0.4, -0.2) is 47.1 Å². The van der Waals surface area contributed by atoms with Crippen molar-refractivity contribution in [1.82, 2.24) is 20.5 Å². The Labute approximate surface area is 181 Å². The molecule has 0 radical (unpaired) electrons. The van der Waals surface area contributed by atoms with E-state index in [1.807, 2.05) is 6.07 Å². The molecule has 10 heteroatoms. The van der Waals surface area contributed by atoms with Gasteiger partial charge in [0, 0.05) is 25.1 Å². The van der Waals surface area contributed by atoms with Gasteiger partial charge in [0.15, 0.2) is 6.61 Å². The van der Waals surface area contributed by atoms with Crippen molar-refractivity contribution in [2.45, 2.75) is 31.5 Å². The Hall–Kier alpha value is -3.14. The number of ether oxygens (including phenoxy) is 1. The number of alkyl halides is 3. The molecule has 3 N–H and O–H groups in total. The summed E-state index contributed by atoms with van der Waals surface area (Å²) >= 11 is 0. The van der Waals surface area contributed by atoms with E-state index in [2.05, 4.69) is 25.8 Å². The van der Waals surface area contributed by atoms with E-state index in [9.17, 15) is 17.6 Å². The number of nitrogens with one attached hydrogen (secondary N) is 3. The normalized spacial score (nSPS) is 17.1. The molecule has 0 unspecified atom stereocenters. The summed E-state index contributed by atoms with van der Waals surface area (Å²) in [6.45, 7) is 0.335. The summed E-state index contributed by atoms with van der Waals surface area (Å²) in [5.74, 6) is -0.418. The first-order chi connectivity index (χ1) is 15.4. The molecule has 0 atom stereocenters. The van der Waals surface area contributed by atoms with Gasteiger partial charge in [-0.1, -0.05) is 6.07 Å². The Balaban J connectivity index is 1.60. The van der Waals surface area contributed by atoms with Gasteiger partial charge in [0.25, 0.3) is 0 Å². The van der Waals surface area contributed by atoms with Gasteiger partial charge >= 0.3 is 6.18 Å². The Kier molecular flexibility index (Phi) is 5.24. The zero-order chi connectivity index (χ0) is 22.3. The van der Waals surface area contributed by atoms with Crippen LogP contribution in [0.15, 0.2) is 36.2 Å². The Morgan fingerprint density at radius 1 is 1.12 bits per heavy atom. The number of hydrogen-bond donors (Lipinski definition) is 3. The van der Waals surface area contributed by atoms with Crippen molar-refractivity contribution in [2.75, 3.05) is 25.0 Å². The van der Waals surface area contributed by atoms with Crippen molar-refractivity contribution in [2.24, 2.45) is 0 Å². The average Bonchev–Trinajstić information content (AvgIpc) is 3.00. The van der Waals surface area contributed by atoms with Gasteiger partial charge in [-0.2, -0.15) is 17.6 Å². The molecule has 2 aliphatic rings. The highest BCUT2D eigenvalue weighted by atomic mass is 19.4. The summed E-state index contributed by atoms with van der Waals surface area (Å²) in [4.78, 5) is 4.52. The summed E-state index contributed by atoms with van der Waals surface area (Å²) in [5, 5.41) is 13.2. The zero-order valence-corrected chi connectivity index (χ0v) is 17.0. The van der Waals surface area contributed by atoms with E-state index in [-0.39, 0.29) is 12.2 Å². The Morgan fingerprint density at radius 3 is 2.66 bits per heavy atom. The van der Waals surface area contributed by atoms with Gasteiger partial charge in [-0.05, 0) is 42.2 Å². The maximum atomic E-state index is 14.4. The van der Waals surface area contributed by atoms with E-state index >= 15 is 0 Å². The van der Waals surface area contributed by atoms with Gasteiger partial charge < -0.3 is 15.4 Å². The lowest BCUT2D eigenvalue weighted by Crippen LogP contribution is -2.51. The SMILES string of the molecule is Fc1n[nH]c2ccc3c(c12)CCCC(OCC(F)(F)F)=C3c1ccc(NC2CNC2)cn1. The van der Waals surface area contributed by atoms with Crippen molar-refractivity contribution in [3.8, 4) is 0 Å². The third-order valence-electron chi connectivity index (χ3n) is 5.75. The van der Waals surface area contributed by atoms with Gasteiger partial charge in [0.1, 0.15) is 5.76 Å². The molecule has 1 saturated heterocycles. The monoisotopic (exact) mass is 447 g/mol. The van der Waals surface area contributed by atoms with Crippen LogP contribution in [0.1, 0.15) is 29.7 Å². The number of rotatable bonds is 5. The first kappa shape index (κ1) is 20.7. The molecule has 32 heavy (non-hydrogen) atoms. The molecule has 1 aromatic carbocycles. The topological polar surface area (TPSA) is 74.9 Å². The number of allylic oxidation sites excluding steroid dienone is 1. The third-order valence-corrected chi connectivity index (χ3v) is 5.75. The smallest absolute Gasteiger partial charge is 0.422 e. The zero-order valence-electron chi connectivity index (χ0n) is 17.0. The predicted molar refractivity (Wildman–Crippen MR) is 112 cm³/mol. The molecule has 168 valence electrons. The van der Waals surface area contributed by atoms with Crippen LogP contribution in [0.4, 0.5) is 23.2 Å². The number of aromatic nitrogens is 3. The first-order valence-electron chi connectivity index (χ1n) is 10.4. The van der Waals surface area contributed by atoms with Crippen molar-refractivity contribution in [3.05, 3.63) is 59.0 Å². The number of hydrogen-bond acceptors (Lipinski definition) is 5. The standard InChI is InChI=1S/C22H21F4N5O/c23-21-20-14-2-1-3-18(32-11-22(24,25)26)19(15(14)5-7-17(20)30-31-21)16-6-4-12(10-28-16)29-13-8-27-9-13/h4-7,10,13,27,29H,1-3,8-9,11H2,(H,30,31). The molecule has 3 aromatic rings. The molecule has 0 spiro atoms. The molecule has 3 heterocycles. The number of pyridine rings is 1. The fourth-order valence-electron chi connectivity index (χ4n) is 4.18. The number of halogens is 4. The molecular formula is C22H21F4N5O. The minimum absolute atomic E-state index is 0.209. The predicted octanol–water partition coefficient (Wildman–Crippen LogP) is 4.16. The number of H-pyrrole nitrogens is 1. The van der Waals surface area contributed by atoms with Crippen molar-refractivity contribution in [1.29, 1.82) is 0 Å². The van der Waals surface area contributed by atoms with Crippen LogP contribution in [0.5, 0.6) is 0 Å². The molecule has 2 aromatic heterocycles. The van der Waals surface area contributed by atoms with E-state index < -0.39 is 18.7 Å². The van der Waals surface area contributed by atoms with Crippen molar-refractivity contribution in [3.63, 3.8) is 0 Å². The quantitative estimate of drug-likeness (QED) is 0.513. The molecule has 1 aliphatic heterocycles. The molecule has 0 amide bonds. The van der Waals surface area contributed by atoms with E-state index in [0.717, 1.165) is 18.8 Å². The second-order valence-corrected chi connectivity index (χ2v) is 8.02. The number of aryl methyl sites for hydroxylation is 1. The van der Waals surface area contributed by atoms with Crippen LogP contribution in [0.2, 0.25) is 0 Å². The maximum absolute atomic E-state index is 14.4. The minimum atomic E-state index is -4.47. The average molecular weight is 447 g/mol. The molecule has 1 aliphatic carbocycles. The summed E-state index contributed by atoms with van der Waals surface area (Å²) in [6.07, 6.45) is -1.52. The summed E-state index contributed by atoms with van der Waals surface area (Å²) in [6, 6.07) is 7.36. The van der Waals surface area contributed by atoms with E-state index in [1.165, 1.54) is 0 Å². The number of aromatic amines is 1. The van der Waals surface area contributed by atoms with Crippen LogP contribution in [0.3, 0.4) is 0 Å². The fourth-order valence-corrected chi connectivity index (χ4v) is 4.18. The van der Waals surface area contributed by atoms with Gasteiger partial charge in [0.2, 0.25) is 5.95 Å². The Bertz CT molecular complexity index is 1170. The lowest BCUT2D eigenvalue weighted by Gasteiger charge is -2.28. The number of fused-ring (bicyclic) bond motifs is 3. The second-order valence-electron chi connectivity index (χ2n) is 8.02. The van der Waals surface area contributed by atoms with Gasteiger partial charge in [-0.25, -0.2) is 0 Å². The van der Waals surface area contributed by atoms with Crippen LogP contribution >= 0.6 is 0 Å². The third kappa shape index (κ3) is 4.02. The highest BCUT2D eigenvalue weighted by molar-refractivity contribution is 5.92. The van der Waals surface area contributed by atoms with E-state index in [1.54, 1.807) is 24.4 Å². The summed E-state index contributed by atoms with van der Waals surface area (Å²) < 4.78 is 58.5. The van der Waals surface area contributed by atoms with Crippen molar-refractivity contribution >= 4 is 22.2 Å². The lowest BCUT2D eigenvalue weighted by molar-refractivity contribution is -0.165. The van der Waals surface area contributed by atoms with Crippen LogP contribution < -0.4 is 10.6 Å². The largest absolute Gasteiger partial charge is 0.488 e. The summed E-state index contributed by atoms with van der Waals surface area (Å²) in [7, 11) is 0. The van der Waals surface area contributed by atoms with Crippen LogP contribution in [-0.2, 0) is 11.2 Å². The lowest BCUT2D eigenvalue weighted by atomic mass is 9.93. The van der Waals surface area contributed by atoms with Crippen LogP contribution in [0, 0.1) is 5.95 Å². The molecular weight excluding hydrogens is 426 g/mol. The van der Waals surface area contributed by atoms with E-state index in [0.29, 0.717) is 52.2 Å². The summed E-state index contributed by atoms with van der Waals surface area (Å²) in [5.41, 5.74) is 3.61. The van der Waals surface area contributed by atoms with Crippen LogP contribution in [0.25, 0.3) is 16.5 Å². The maximum Gasteiger partial charge on any atom is 0.422 e. The first-order valence-corrected chi connectivity index (χ1v) is 10.4. The molecule has 1 fully saturated rings. The fraction of sp³-hybridized carbons (Fsp3) is 0.364. The van der Waals surface area contributed by atoms with Crippen molar-refractivity contribution < 1.29 is 22.3 Å². The molecule has 5 rings (SSSR count).